The Morgan fingerprint density at radius 1 is 0.556 bits per heavy atom. The van der Waals surface area contributed by atoms with Crippen molar-refractivity contribution in [1.82, 2.24) is 0 Å². The van der Waals surface area contributed by atoms with E-state index >= 15 is 0 Å². The van der Waals surface area contributed by atoms with Gasteiger partial charge < -0.3 is 85.0 Å². The first kappa shape index (κ1) is 253. The Morgan fingerprint density at radius 2 is 0.556 bits per heavy atom. The predicted molar refractivity (Wildman–Crippen MR) is 58.9 cm³/mol. The minimum Gasteiger partial charge on any atom is -0.790 e. The molecule has 0 aromatic heterocycles. The second-order valence-electron chi connectivity index (χ2n) is 0.469. The summed E-state index contributed by atoms with van der Waals surface area (Å²) in [5.74, 6) is 0. The van der Waals surface area contributed by atoms with Crippen molar-refractivity contribution in [2.24, 2.45) is 0 Å². The van der Waals surface area contributed by atoms with E-state index in [2.05, 4.69) is 0 Å². The molecule has 0 aliphatic carbocycles. The van der Waals surface area contributed by atoms with E-state index in [1.54, 1.807) is 0 Å². The standard InChI is InChI=1S/Ca.H3O4P.12H2O/c;1-5(2,3)4;;;;;;;;;;;;/h;(H3,1,2,3,4);12*1H2/q+2;;;;;;;;;;;;;/p-2. The van der Waals surface area contributed by atoms with Gasteiger partial charge in [0, 0.05) is 0 Å². The van der Waals surface area contributed by atoms with E-state index in [4.69, 9.17) is 19.2 Å². The SMILES string of the molecule is O.O.O.O.O.O.O.O.O.O.O.O.O=P([O-])([O-])O.[Ca+2]. The summed E-state index contributed by atoms with van der Waals surface area (Å²) in [6.07, 6.45) is 0. The van der Waals surface area contributed by atoms with Gasteiger partial charge in [0.25, 0.3) is 0 Å². The maximum absolute atomic E-state index is 8.66. The van der Waals surface area contributed by atoms with Crippen LogP contribution in [0.4, 0.5) is 0 Å². The van der Waals surface area contributed by atoms with Crippen molar-refractivity contribution in [2.45, 2.75) is 0 Å². The molecule has 25 N–H and O–H groups in total. The molecular weight excluding hydrogens is 327 g/mol. The van der Waals surface area contributed by atoms with E-state index in [0.29, 0.717) is 0 Å². The van der Waals surface area contributed by atoms with Crippen LogP contribution in [0.2, 0.25) is 0 Å². The molecule has 0 fully saturated rings. The van der Waals surface area contributed by atoms with Crippen LogP contribution in [-0.2, 0) is 4.57 Å². The predicted octanol–water partition coefficient (Wildman–Crippen LogP) is -12.5. The third-order valence-electron chi connectivity index (χ3n) is 0. The Balaban J connectivity index is -0.00000000103. The molecule has 0 saturated carbocycles. The van der Waals surface area contributed by atoms with Crippen molar-refractivity contribution < 1.29 is 85.0 Å². The fraction of sp³-hybridized carbons (Fsp3) is 0. The summed E-state index contributed by atoms with van der Waals surface area (Å²) in [4.78, 5) is 24.3. The van der Waals surface area contributed by atoms with Gasteiger partial charge in [-0.3, -0.25) is 0 Å². The zero-order valence-electron chi connectivity index (χ0n) is 8.83. The summed E-state index contributed by atoms with van der Waals surface area (Å²) >= 11 is 0. The molecular formula is H25CaO16P. The van der Waals surface area contributed by atoms with Gasteiger partial charge in [0.15, 0.2) is 0 Å². The van der Waals surface area contributed by atoms with E-state index in [1.807, 2.05) is 0 Å². The zero-order valence-corrected chi connectivity index (χ0v) is 11.9. The van der Waals surface area contributed by atoms with Gasteiger partial charge >= 0.3 is 37.7 Å². The van der Waals surface area contributed by atoms with Gasteiger partial charge in [-0.05, 0) is 0 Å². The van der Waals surface area contributed by atoms with Gasteiger partial charge in [-0.15, -0.1) is 0 Å². The van der Waals surface area contributed by atoms with Gasteiger partial charge in [-0.1, -0.05) is 0 Å². The van der Waals surface area contributed by atoms with Crippen molar-refractivity contribution >= 4 is 45.6 Å². The van der Waals surface area contributed by atoms with Gasteiger partial charge in [-0.2, -0.15) is 0 Å². The van der Waals surface area contributed by atoms with Crippen LogP contribution in [0.25, 0.3) is 0 Å². The second kappa shape index (κ2) is 108. The third kappa shape index (κ3) is 5390. The van der Waals surface area contributed by atoms with Crippen molar-refractivity contribution in [3.63, 3.8) is 0 Å². The van der Waals surface area contributed by atoms with Crippen molar-refractivity contribution in [3.05, 3.63) is 0 Å². The average molecular weight is 352 g/mol. The van der Waals surface area contributed by atoms with E-state index in [9.17, 15) is 0 Å². The number of rotatable bonds is 0. The van der Waals surface area contributed by atoms with Crippen LogP contribution in [-0.4, -0.2) is 108 Å². The minimum atomic E-state index is -5.14. The number of hydrogen-bond acceptors (Lipinski definition) is 3. The Hall–Kier alpha value is 0.890. The van der Waals surface area contributed by atoms with Crippen LogP contribution >= 0.6 is 7.82 Å². The quantitative estimate of drug-likeness (QED) is 0.327. The second-order valence-corrected chi connectivity index (χ2v) is 1.41. The smallest absolute Gasteiger partial charge is 0.790 e. The largest absolute Gasteiger partial charge is 2.00 e. The van der Waals surface area contributed by atoms with E-state index in [1.165, 1.54) is 0 Å². The topological polar surface area (TPSA) is 461 Å². The molecule has 18 heteroatoms. The van der Waals surface area contributed by atoms with Gasteiger partial charge in [0.2, 0.25) is 0 Å². The maximum atomic E-state index is 8.66. The molecule has 0 radical (unpaired) electrons. The van der Waals surface area contributed by atoms with Gasteiger partial charge in [0.1, 0.15) is 0 Å². The summed E-state index contributed by atoms with van der Waals surface area (Å²) in [5.41, 5.74) is 0. The molecule has 0 saturated heterocycles. The number of hydrogen-bond donors (Lipinski definition) is 1. The van der Waals surface area contributed by atoms with E-state index in [-0.39, 0.29) is 103 Å². The molecule has 16 nitrogen and oxygen atoms in total. The number of phosphoric acid groups is 1. The van der Waals surface area contributed by atoms with Crippen LogP contribution in [0.1, 0.15) is 0 Å². The first-order chi connectivity index (χ1) is 2.00. The summed E-state index contributed by atoms with van der Waals surface area (Å²) < 4.78 is 8.66. The normalized spacial score (nSPS) is 3.28. The first-order valence-corrected chi connectivity index (χ1v) is 2.24. The molecule has 0 unspecified atom stereocenters. The van der Waals surface area contributed by atoms with E-state index < -0.39 is 7.82 Å². The molecule has 0 bridgehead atoms. The molecule has 0 rings (SSSR count). The van der Waals surface area contributed by atoms with Crippen molar-refractivity contribution in [2.75, 3.05) is 0 Å². The Morgan fingerprint density at radius 3 is 0.556 bits per heavy atom. The van der Waals surface area contributed by atoms with Crippen LogP contribution in [0.5, 0.6) is 0 Å². The van der Waals surface area contributed by atoms with E-state index in [0.717, 1.165) is 0 Å². The summed E-state index contributed by atoms with van der Waals surface area (Å²) in [5, 5.41) is 0. The Bertz CT molecular complexity index is 57.2. The summed E-state index contributed by atoms with van der Waals surface area (Å²) in [7, 11) is -5.14. The molecule has 0 spiro atoms. The van der Waals surface area contributed by atoms with Gasteiger partial charge in [-0.25, -0.2) is 0 Å². The van der Waals surface area contributed by atoms with Crippen molar-refractivity contribution in [1.29, 1.82) is 0 Å². The molecule has 0 heterocycles. The molecule has 18 heavy (non-hydrogen) atoms. The van der Waals surface area contributed by atoms with Crippen LogP contribution < -0.4 is 9.79 Å². The van der Waals surface area contributed by atoms with Crippen LogP contribution in [0.3, 0.4) is 0 Å². The maximum Gasteiger partial charge on any atom is 2.00 e. The Labute approximate surface area is 130 Å². The summed E-state index contributed by atoms with van der Waals surface area (Å²) in [6, 6.07) is 0. The molecule has 0 aromatic carbocycles. The molecule has 0 aromatic rings. The minimum absolute atomic E-state index is 0. The molecule has 0 aliphatic heterocycles. The first-order valence-electron chi connectivity index (χ1n) is 0.748. The van der Waals surface area contributed by atoms with Crippen LogP contribution in [0.15, 0.2) is 0 Å². The zero-order chi connectivity index (χ0) is 4.50. The summed E-state index contributed by atoms with van der Waals surface area (Å²) in [6.45, 7) is 0. The average Bonchev–Trinajstić information content (AvgIpc) is 0.722. The molecule has 128 valence electrons. The third-order valence-corrected chi connectivity index (χ3v) is 0. The molecule has 0 aliphatic rings. The fourth-order valence-corrected chi connectivity index (χ4v) is 0. The molecule has 0 atom stereocenters. The monoisotopic (exact) mass is 352 g/mol. The van der Waals surface area contributed by atoms with Gasteiger partial charge in [0.05, 0.1) is 7.82 Å². The Kier molecular flexibility index (Phi) is 1510. The van der Waals surface area contributed by atoms with Crippen LogP contribution in [0, 0.1) is 0 Å². The van der Waals surface area contributed by atoms with Crippen molar-refractivity contribution in [3.8, 4) is 0 Å². The fourth-order valence-electron chi connectivity index (χ4n) is 0. The molecule has 0 amide bonds.